The lowest BCUT2D eigenvalue weighted by Gasteiger charge is -2.34. The summed E-state index contributed by atoms with van der Waals surface area (Å²) in [6, 6.07) is 7.25. The van der Waals surface area contributed by atoms with E-state index in [9.17, 15) is 18.0 Å². The second-order valence-corrected chi connectivity index (χ2v) is 8.79. The van der Waals surface area contributed by atoms with Gasteiger partial charge in [0.05, 0.1) is 18.2 Å². The molecule has 156 valence electrons. The predicted molar refractivity (Wildman–Crippen MR) is 108 cm³/mol. The molecule has 1 atom stereocenters. The number of esters is 1. The second-order valence-electron chi connectivity index (χ2n) is 7.16. The van der Waals surface area contributed by atoms with E-state index in [2.05, 4.69) is 4.40 Å². The van der Waals surface area contributed by atoms with Gasteiger partial charge in [-0.2, -0.15) is 8.42 Å². The number of allylic oxidation sites excluding steroid dienone is 1. The summed E-state index contributed by atoms with van der Waals surface area (Å²) >= 11 is 0. The van der Waals surface area contributed by atoms with Crippen molar-refractivity contribution < 1.29 is 22.7 Å². The normalized spacial score (nSPS) is 21.3. The van der Waals surface area contributed by atoms with E-state index in [-0.39, 0.29) is 30.5 Å². The summed E-state index contributed by atoms with van der Waals surface area (Å²) in [5, 5.41) is 0. The van der Waals surface area contributed by atoms with Crippen LogP contribution < -0.4 is 0 Å². The lowest BCUT2D eigenvalue weighted by atomic mass is 9.97. The van der Waals surface area contributed by atoms with Crippen LogP contribution in [0.3, 0.4) is 0 Å². The molecule has 29 heavy (non-hydrogen) atoms. The summed E-state index contributed by atoms with van der Waals surface area (Å²) < 4.78 is 34.9. The molecule has 1 amide bonds. The highest BCUT2D eigenvalue weighted by atomic mass is 32.2. The number of carbonyl (C=O) groups excluding carboxylic acids is 2. The molecule has 3 rings (SSSR count). The third-order valence-corrected chi connectivity index (χ3v) is 6.38. The molecule has 1 aromatic carbocycles. The van der Waals surface area contributed by atoms with Gasteiger partial charge in [-0.3, -0.25) is 9.59 Å². The number of hydrogen-bond donors (Lipinski definition) is 0. The maximum Gasteiger partial charge on any atom is 0.345 e. The van der Waals surface area contributed by atoms with Gasteiger partial charge in [-0.25, -0.2) is 4.31 Å². The van der Waals surface area contributed by atoms with E-state index in [0.717, 1.165) is 9.87 Å². The Labute approximate surface area is 171 Å². The number of ether oxygens (including phenoxy) is 1. The first-order valence-electron chi connectivity index (χ1n) is 9.56. The summed E-state index contributed by atoms with van der Waals surface area (Å²) in [4.78, 5) is 26.7. The quantitative estimate of drug-likeness (QED) is 0.692. The summed E-state index contributed by atoms with van der Waals surface area (Å²) in [7, 11) is -2.72. The van der Waals surface area contributed by atoms with Gasteiger partial charge in [-0.15, -0.1) is 4.40 Å². The molecule has 1 fully saturated rings. The predicted octanol–water partition coefficient (Wildman–Crippen LogP) is 1.66. The number of amides is 1. The van der Waals surface area contributed by atoms with Gasteiger partial charge in [-0.05, 0) is 32.8 Å². The van der Waals surface area contributed by atoms with Gasteiger partial charge in [0.15, 0.2) is 0 Å². The molecule has 0 unspecified atom stereocenters. The largest absolute Gasteiger partial charge is 0.466 e. The zero-order valence-corrected chi connectivity index (χ0v) is 17.6. The van der Waals surface area contributed by atoms with Crippen LogP contribution in [0.15, 0.2) is 40.4 Å². The Kier molecular flexibility index (Phi) is 6.07. The van der Waals surface area contributed by atoms with E-state index in [1.807, 2.05) is 19.1 Å². The zero-order valence-electron chi connectivity index (χ0n) is 16.8. The molecule has 0 spiro atoms. The Morgan fingerprint density at radius 3 is 2.59 bits per heavy atom. The highest BCUT2D eigenvalue weighted by Gasteiger charge is 2.35. The molecule has 0 bridgehead atoms. The number of piperidine rings is 1. The minimum absolute atomic E-state index is 0.0140. The molecule has 0 aliphatic carbocycles. The second kappa shape index (κ2) is 8.36. The van der Waals surface area contributed by atoms with Crippen molar-refractivity contribution in [3.63, 3.8) is 0 Å². The van der Waals surface area contributed by atoms with Crippen molar-refractivity contribution >= 4 is 27.8 Å². The van der Waals surface area contributed by atoms with Gasteiger partial charge in [-0.1, -0.05) is 29.8 Å². The monoisotopic (exact) mass is 419 g/mol. The molecular formula is C20H25N3O5S. The van der Waals surface area contributed by atoms with Crippen molar-refractivity contribution in [1.82, 2.24) is 9.21 Å². The number of likely N-dealkylation sites (N-methyl/N-ethyl adjacent to an activating group) is 1. The van der Waals surface area contributed by atoms with Crippen molar-refractivity contribution in [2.24, 2.45) is 10.3 Å². The SMILES string of the molecule is CCOC(=O)[C@@H]1CCCN(C(=O)C2=CC(c3ccc(C)cc3)=NS(=O)(=O)N2C)C1. The molecule has 9 heteroatoms. The van der Waals surface area contributed by atoms with E-state index in [1.165, 1.54) is 18.0 Å². The van der Waals surface area contributed by atoms with Crippen LogP contribution in [0.1, 0.15) is 30.9 Å². The van der Waals surface area contributed by atoms with Crippen molar-refractivity contribution in [3.05, 3.63) is 47.2 Å². The van der Waals surface area contributed by atoms with Crippen LogP contribution in [0.5, 0.6) is 0 Å². The summed E-state index contributed by atoms with van der Waals surface area (Å²) in [5.41, 5.74) is 1.87. The van der Waals surface area contributed by atoms with Crippen LogP contribution in [0, 0.1) is 12.8 Å². The van der Waals surface area contributed by atoms with Gasteiger partial charge in [0.1, 0.15) is 5.70 Å². The van der Waals surface area contributed by atoms with Crippen LogP contribution in [-0.4, -0.2) is 62.0 Å². The first-order chi connectivity index (χ1) is 13.7. The number of carbonyl (C=O) groups is 2. The van der Waals surface area contributed by atoms with Gasteiger partial charge < -0.3 is 9.64 Å². The average Bonchev–Trinajstić information content (AvgIpc) is 2.70. The molecule has 0 aromatic heterocycles. The zero-order chi connectivity index (χ0) is 21.2. The third kappa shape index (κ3) is 4.50. The Bertz CT molecular complexity index is 966. The van der Waals surface area contributed by atoms with Gasteiger partial charge in [0.2, 0.25) is 0 Å². The molecule has 0 radical (unpaired) electrons. The molecule has 1 aromatic rings. The number of benzene rings is 1. The third-order valence-electron chi connectivity index (χ3n) is 5.07. The fourth-order valence-corrected chi connectivity index (χ4v) is 4.30. The summed E-state index contributed by atoms with van der Waals surface area (Å²) in [6.07, 6.45) is 2.78. The van der Waals surface area contributed by atoms with Crippen LogP contribution in [0.25, 0.3) is 0 Å². The Balaban J connectivity index is 1.89. The van der Waals surface area contributed by atoms with E-state index in [4.69, 9.17) is 4.74 Å². The lowest BCUT2D eigenvalue weighted by molar-refractivity contribution is -0.151. The van der Waals surface area contributed by atoms with Crippen LogP contribution >= 0.6 is 0 Å². The van der Waals surface area contributed by atoms with Crippen molar-refractivity contribution in [2.75, 3.05) is 26.7 Å². The first-order valence-corrected chi connectivity index (χ1v) is 11.0. The number of nitrogens with zero attached hydrogens (tertiary/aromatic N) is 3. The summed E-state index contributed by atoms with van der Waals surface area (Å²) in [6.45, 7) is 4.61. The maximum atomic E-state index is 13.2. The molecule has 2 aliphatic heterocycles. The molecular weight excluding hydrogens is 394 g/mol. The number of likely N-dealkylation sites (tertiary alicyclic amines) is 1. The fourth-order valence-electron chi connectivity index (χ4n) is 3.39. The standard InChI is InChI=1S/C20H25N3O5S/c1-4-28-20(25)16-6-5-11-23(13-16)19(24)18-12-17(21-29(26,27)22(18)3)15-9-7-14(2)8-10-15/h7-10,12,16H,4-6,11,13H2,1-3H3/t16-/m1/s1. The molecule has 1 saturated heterocycles. The first kappa shape index (κ1) is 21.0. The number of hydrogen-bond acceptors (Lipinski definition) is 5. The van der Waals surface area contributed by atoms with E-state index >= 15 is 0 Å². The van der Waals surface area contributed by atoms with Crippen LogP contribution in [0.4, 0.5) is 0 Å². The van der Waals surface area contributed by atoms with Gasteiger partial charge in [0.25, 0.3) is 5.91 Å². The van der Waals surface area contributed by atoms with Crippen molar-refractivity contribution in [2.45, 2.75) is 26.7 Å². The Morgan fingerprint density at radius 1 is 1.24 bits per heavy atom. The fraction of sp³-hybridized carbons (Fsp3) is 0.450. The van der Waals surface area contributed by atoms with E-state index in [0.29, 0.717) is 24.9 Å². The van der Waals surface area contributed by atoms with Crippen molar-refractivity contribution in [1.29, 1.82) is 0 Å². The Hall–Kier alpha value is -2.68. The molecule has 2 heterocycles. The molecule has 8 nitrogen and oxygen atoms in total. The number of rotatable bonds is 4. The van der Waals surface area contributed by atoms with Crippen LogP contribution in [0.2, 0.25) is 0 Å². The van der Waals surface area contributed by atoms with Gasteiger partial charge in [0, 0.05) is 25.7 Å². The molecule has 0 N–H and O–H groups in total. The summed E-state index contributed by atoms with van der Waals surface area (Å²) in [5.74, 6) is -1.17. The smallest absolute Gasteiger partial charge is 0.345 e. The molecule has 0 saturated carbocycles. The molecule has 2 aliphatic rings. The minimum Gasteiger partial charge on any atom is -0.466 e. The van der Waals surface area contributed by atoms with Gasteiger partial charge >= 0.3 is 16.2 Å². The van der Waals surface area contributed by atoms with E-state index < -0.39 is 22.0 Å². The van der Waals surface area contributed by atoms with Crippen molar-refractivity contribution in [3.8, 4) is 0 Å². The average molecular weight is 420 g/mol. The lowest BCUT2D eigenvalue weighted by Crippen LogP contribution is -2.46. The maximum absolute atomic E-state index is 13.2. The van der Waals surface area contributed by atoms with E-state index in [1.54, 1.807) is 19.1 Å². The highest BCUT2D eigenvalue weighted by Crippen LogP contribution is 2.25. The number of aryl methyl sites for hydroxylation is 1. The topological polar surface area (TPSA) is 96.3 Å². The Morgan fingerprint density at radius 2 is 1.93 bits per heavy atom. The minimum atomic E-state index is -4.03. The highest BCUT2D eigenvalue weighted by molar-refractivity contribution is 7.88. The van der Waals surface area contributed by atoms with Crippen LogP contribution in [-0.2, 0) is 24.5 Å².